The molecule has 0 spiro atoms. The number of nitrogens with zero attached hydrogens (tertiary/aromatic N) is 3. The van der Waals surface area contributed by atoms with Crippen LogP contribution in [0.25, 0.3) is 11.0 Å². The number of fused-ring (bicyclic) bond motifs is 1. The smallest absolute Gasteiger partial charge is 0.243 e. The summed E-state index contributed by atoms with van der Waals surface area (Å²) < 4.78 is 37.5. The van der Waals surface area contributed by atoms with Crippen molar-refractivity contribution in [3.05, 3.63) is 54.1 Å². The van der Waals surface area contributed by atoms with Gasteiger partial charge in [0.05, 0.1) is 11.7 Å². The van der Waals surface area contributed by atoms with Gasteiger partial charge in [-0.05, 0) is 49.9 Å². The monoisotopic (exact) mass is 501 g/mol. The lowest BCUT2D eigenvalue weighted by Gasteiger charge is -2.35. The van der Waals surface area contributed by atoms with Gasteiger partial charge in [-0.25, -0.2) is 8.42 Å². The standard InChI is InChI=1S/C24H31N5O3S2/c1-2-19-11-6-7-15-29(19)16-14-25-24(30)21(17-18-9-4-3-5-10-18)28-34(31,32)22-13-8-12-20-23(22)27-33-26-20/h3-5,8-10,12-13,19,21,28H,2,6-7,11,14-17H2,1H3,(H,25,30)/t19-,21+/m0/s1. The van der Waals surface area contributed by atoms with Crippen LogP contribution in [0, 0.1) is 0 Å². The Morgan fingerprint density at radius 3 is 2.76 bits per heavy atom. The van der Waals surface area contributed by atoms with Gasteiger partial charge in [0.25, 0.3) is 0 Å². The Morgan fingerprint density at radius 1 is 1.15 bits per heavy atom. The number of carbonyl (C=O) groups excluding carboxylic acids is 1. The number of carbonyl (C=O) groups is 1. The zero-order chi connectivity index (χ0) is 24.0. The third-order valence-corrected chi connectivity index (χ3v) is 8.40. The van der Waals surface area contributed by atoms with E-state index in [9.17, 15) is 13.2 Å². The number of benzene rings is 2. The van der Waals surface area contributed by atoms with E-state index >= 15 is 0 Å². The molecule has 8 nitrogen and oxygen atoms in total. The molecule has 2 aromatic carbocycles. The number of likely N-dealkylation sites (tertiary alicyclic amines) is 1. The van der Waals surface area contributed by atoms with Gasteiger partial charge in [-0.2, -0.15) is 13.5 Å². The van der Waals surface area contributed by atoms with Crippen molar-refractivity contribution in [2.45, 2.75) is 56.0 Å². The van der Waals surface area contributed by atoms with Crippen molar-refractivity contribution >= 4 is 38.7 Å². The van der Waals surface area contributed by atoms with E-state index in [0.717, 1.165) is 36.8 Å². The summed E-state index contributed by atoms with van der Waals surface area (Å²) in [7, 11) is -4.00. The van der Waals surface area contributed by atoms with Crippen LogP contribution in [0.3, 0.4) is 0 Å². The second kappa shape index (κ2) is 11.4. The highest BCUT2D eigenvalue weighted by atomic mass is 32.2. The fraction of sp³-hybridized carbons (Fsp3) is 0.458. The van der Waals surface area contributed by atoms with Crippen molar-refractivity contribution in [3.8, 4) is 0 Å². The Kier molecular flexibility index (Phi) is 8.25. The molecule has 0 unspecified atom stereocenters. The summed E-state index contributed by atoms with van der Waals surface area (Å²) in [5, 5.41) is 2.97. The first kappa shape index (κ1) is 24.7. The van der Waals surface area contributed by atoms with E-state index in [2.05, 4.69) is 30.6 Å². The van der Waals surface area contributed by atoms with Crippen LogP contribution in [0.2, 0.25) is 0 Å². The molecule has 34 heavy (non-hydrogen) atoms. The molecule has 182 valence electrons. The minimum atomic E-state index is -4.00. The largest absolute Gasteiger partial charge is 0.353 e. The highest BCUT2D eigenvalue weighted by molar-refractivity contribution is 7.89. The molecule has 2 atom stereocenters. The molecule has 0 saturated carbocycles. The molecule has 2 heterocycles. The predicted octanol–water partition coefficient (Wildman–Crippen LogP) is 2.96. The van der Waals surface area contributed by atoms with Crippen LogP contribution in [0.5, 0.6) is 0 Å². The van der Waals surface area contributed by atoms with Crippen LogP contribution in [0.1, 0.15) is 38.2 Å². The molecule has 10 heteroatoms. The molecule has 1 aliphatic heterocycles. The van der Waals surface area contributed by atoms with Crippen LogP contribution in [-0.2, 0) is 21.2 Å². The Morgan fingerprint density at radius 2 is 1.97 bits per heavy atom. The van der Waals surface area contributed by atoms with Crippen molar-refractivity contribution in [2.75, 3.05) is 19.6 Å². The number of amides is 1. The summed E-state index contributed by atoms with van der Waals surface area (Å²) in [5.41, 5.74) is 1.71. The number of hydrogen-bond donors (Lipinski definition) is 2. The van der Waals surface area contributed by atoms with Crippen molar-refractivity contribution < 1.29 is 13.2 Å². The first-order valence-electron chi connectivity index (χ1n) is 11.8. The summed E-state index contributed by atoms with van der Waals surface area (Å²) in [6.45, 7) is 4.48. The number of nitrogens with one attached hydrogen (secondary N) is 2. The minimum absolute atomic E-state index is 0.0312. The van der Waals surface area contributed by atoms with E-state index in [1.54, 1.807) is 12.1 Å². The van der Waals surface area contributed by atoms with Gasteiger partial charge in [-0.3, -0.25) is 9.69 Å². The molecule has 1 saturated heterocycles. The highest BCUT2D eigenvalue weighted by Crippen LogP contribution is 2.22. The first-order valence-corrected chi connectivity index (χ1v) is 14.0. The van der Waals surface area contributed by atoms with Gasteiger partial charge >= 0.3 is 0 Å². The van der Waals surface area contributed by atoms with Crippen LogP contribution in [0.4, 0.5) is 0 Å². The predicted molar refractivity (Wildman–Crippen MR) is 134 cm³/mol. The summed E-state index contributed by atoms with van der Waals surface area (Å²) in [5.74, 6) is -0.332. The fourth-order valence-electron chi connectivity index (χ4n) is 4.55. The van der Waals surface area contributed by atoms with E-state index in [-0.39, 0.29) is 17.2 Å². The molecule has 1 fully saturated rings. The lowest BCUT2D eigenvalue weighted by Crippen LogP contribution is -2.50. The summed E-state index contributed by atoms with van der Waals surface area (Å²) >= 11 is 0.961. The van der Waals surface area contributed by atoms with E-state index in [0.29, 0.717) is 23.6 Å². The van der Waals surface area contributed by atoms with E-state index < -0.39 is 16.1 Å². The summed E-state index contributed by atoms with van der Waals surface area (Å²) in [6, 6.07) is 13.9. The average molecular weight is 502 g/mol. The van der Waals surface area contributed by atoms with Crippen LogP contribution in [0.15, 0.2) is 53.4 Å². The maximum absolute atomic E-state index is 13.3. The second-order valence-electron chi connectivity index (χ2n) is 8.64. The van der Waals surface area contributed by atoms with Gasteiger partial charge in [-0.1, -0.05) is 49.7 Å². The molecule has 1 aromatic heterocycles. The molecular weight excluding hydrogens is 470 g/mol. The molecule has 0 radical (unpaired) electrons. The van der Waals surface area contributed by atoms with Gasteiger partial charge in [0, 0.05) is 19.1 Å². The second-order valence-corrected chi connectivity index (χ2v) is 10.8. The van der Waals surface area contributed by atoms with Gasteiger partial charge in [0.1, 0.15) is 22.0 Å². The molecular formula is C24H31N5O3S2. The summed E-state index contributed by atoms with van der Waals surface area (Å²) in [6.07, 6.45) is 4.97. The number of aromatic nitrogens is 2. The van der Waals surface area contributed by atoms with E-state index in [4.69, 9.17) is 0 Å². The molecule has 0 aliphatic carbocycles. The maximum Gasteiger partial charge on any atom is 0.243 e. The quantitative estimate of drug-likeness (QED) is 0.443. The van der Waals surface area contributed by atoms with E-state index in [1.165, 1.54) is 25.3 Å². The van der Waals surface area contributed by atoms with Gasteiger partial charge in [0.2, 0.25) is 15.9 Å². The van der Waals surface area contributed by atoms with Crippen LogP contribution < -0.4 is 10.0 Å². The minimum Gasteiger partial charge on any atom is -0.353 e. The zero-order valence-electron chi connectivity index (χ0n) is 19.3. The third-order valence-electron chi connectivity index (χ3n) is 6.35. The highest BCUT2D eigenvalue weighted by Gasteiger charge is 2.28. The molecule has 1 amide bonds. The fourth-order valence-corrected chi connectivity index (χ4v) is 6.51. The van der Waals surface area contributed by atoms with Crippen LogP contribution in [-0.4, -0.2) is 59.7 Å². The number of hydrogen-bond acceptors (Lipinski definition) is 7. The molecule has 1 aliphatic rings. The average Bonchev–Trinajstić information content (AvgIpc) is 3.33. The lowest BCUT2D eigenvalue weighted by molar-refractivity contribution is -0.122. The summed E-state index contributed by atoms with van der Waals surface area (Å²) in [4.78, 5) is 15.6. The molecule has 3 aromatic rings. The lowest BCUT2D eigenvalue weighted by atomic mass is 10.0. The van der Waals surface area contributed by atoms with Crippen molar-refractivity contribution in [2.24, 2.45) is 0 Å². The van der Waals surface area contributed by atoms with Gasteiger partial charge in [0.15, 0.2) is 0 Å². The topological polar surface area (TPSA) is 104 Å². The van der Waals surface area contributed by atoms with Gasteiger partial charge in [-0.15, -0.1) is 0 Å². The maximum atomic E-state index is 13.3. The Balaban J connectivity index is 1.48. The Bertz CT molecular complexity index is 1200. The number of piperidine rings is 1. The molecule has 2 N–H and O–H groups in total. The Labute approximate surface area is 205 Å². The number of sulfonamides is 1. The SMILES string of the molecule is CC[C@H]1CCCCN1CCNC(=O)[C@@H](Cc1ccccc1)NS(=O)(=O)c1cccc2nsnc12. The van der Waals surface area contributed by atoms with Crippen molar-refractivity contribution in [1.82, 2.24) is 23.7 Å². The third kappa shape index (κ3) is 5.99. The van der Waals surface area contributed by atoms with Crippen molar-refractivity contribution in [3.63, 3.8) is 0 Å². The van der Waals surface area contributed by atoms with Gasteiger partial charge < -0.3 is 5.32 Å². The number of rotatable bonds is 10. The Hall–Kier alpha value is -2.40. The first-order chi connectivity index (χ1) is 16.5. The van der Waals surface area contributed by atoms with Crippen molar-refractivity contribution in [1.29, 1.82) is 0 Å². The molecule has 0 bridgehead atoms. The normalized spacial score (nSPS) is 18.1. The van der Waals surface area contributed by atoms with E-state index in [1.807, 2.05) is 30.3 Å². The van der Waals surface area contributed by atoms with Crippen LogP contribution >= 0.6 is 11.7 Å². The molecule has 4 rings (SSSR count). The zero-order valence-corrected chi connectivity index (χ0v) is 20.9.